The fraction of sp³-hybridized carbons (Fsp3) is 0.0417. The Morgan fingerprint density at radius 3 is 2.56 bits per heavy atom. The summed E-state index contributed by atoms with van der Waals surface area (Å²) >= 11 is 11.9. The SMILES string of the molecule is CNC(=O)Oc1cc(Oc2cccc(-c3c[nH]c(C(=O)Nc4ccc(Cl)c(Cl)c4)c3)c2)ccn1. The van der Waals surface area contributed by atoms with E-state index in [1.165, 1.54) is 19.3 Å². The van der Waals surface area contributed by atoms with Gasteiger partial charge in [0.05, 0.1) is 10.0 Å². The monoisotopic (exact) mass is 496 g/mol. The van der Waals surface area contributed by atoms with Gasteiger partial charge in [-0.05, 0) is 48.0 Å². The van der Waals surface area contributed by atoms with Crippen molar-refractivity contribution >= 4 is 40.9 Å². The quantitative estimate of drug-likeness (QED) is 0.297. The lowest BCUT2D eigenvalue weighted by Crippen LogP contribution is -2.22. The molecule has 10 heteroatoms. The van der Waals surface area contributed by atoms with E-state index in [1.54, 1.807) is 42.6 Å². The number of carbonyl (C=O) groups is 2. The third-order valence-electron chi connectivity index (χ3n) is 4.62. The lowest BCUT2D eigenvalue weighted by atomic mass is 10.1. The molecule has 0 unspecified atom stereocenters. The van der Waals surface area contributed by atoms with Gasteiger partial charge in [-0.1, -0.05) is 35.3 Å². The zero-order chi connectivity index (χ0) is 24.1. The number of anilines is 1. The molecule has 0 saturated carbocycles. The summed E-state index contributed by atoms with van der Waals surface area (Å²) in [4.78, 5) is 30.9. The van der Waals surface area contributed by atoms with Gasteiger partial charge in [-0.3, -0.25) is 4.79 Å². The van der Waals surface area contributed by atoms with Gasteiger partial charge in [0, 0.05) is 36.8 Å². The van der Waals surface area contributed by atoms with E-state index in [0.717, 1.165) is 11.1 Å². The van der Waals surface area contributed by atoms with Gasteiger partial charge in [-0.25, -0.2) is 9.78 Å². The van der Waals surface area contributed by atoms with Gasteiger partial charge in [-0.2, -0.15) is 0 Å². The van der Waals surface area contributed by atoms with Gasteiger partial charge in [-0.15, -0.1) is 0 Å². The van der Waals surface area contributed by atoms with Gasteiger partial charge in [0.25, 0.3) is 5.91 Å². The van der Waals surface area contributed by atoms with E-state index in [0.29, 0.717) is 32.9 Å². The Morgan fingerprint density at radius 1 is 0.941 bits per heavy atom. The molecule has 2 aromatic carbocycles. The topological polar surface area (TPSA) is 105 Å². The number of nitrogens with zero attached hydrogens (tertiary/aromatic N) is 1. The first-order valence-electron chi connectivity index (χ1n) is 10.00. The van der Waals surface area contributed by atoms with Crippen LogP contribution in [0.25, 0.3) is 11.1 Å². The molecule has 0 fully saturated rings. The number of benzene rings is 2. The number of amides is 2. The second-order valence-electron chi connectivity index (χ2n) is 6.98. The number of hydrogen-bond donors (Lipinski definition) is 3. The molecule has 2 aromatic heterocycles. The standard InChI is InChI=1S/C24H18Cl2N4O4/c1-27-24(32)34-22-12-18(7-8-28-22)33-17-4-2-3-14(9-17)15-10-21(29-13-15)23(31)30-16-5-6-19(25)20(26)11-16/h2-13,29H,1H3,(H,27,32)(H,30,31). The largest absolute Gasteiger partial charge is 0.457 e. The summed E-state index contributed by atoms with van der Waals surface area (Å²) in [6.45, 7) is 0. The molecule has 0 aliphatic heterocycles. The molecule has 4 rings (SSSR count). The average molecular weight is 497 g/mol. The molecule has 0 spiro atoms. The Hall–Kier alpha value is -4.01. The number of pyridine rings is 1. The highest BCUT2D eigenvalue weighted by Gasteiger charge is 2.12. The maximum atomic E-state index is 12.6. The van der Waals surface area contributed by atoms with Crippen LogP contribution in [0.3, 0.4) is 0 Å². The summed E-state index contributed by atoms with van der Waals surface area (Å²) in [7, 11) is 1.46. The molecule has 2 amide bonds. The van der Waals surface area contributed by atoms with Crippen LogP contribution in [0.1, 0.15) is 10.5 Å². The van der Waals surface area contributed by atoms with E-state index < -0.39 is 6.09 Å². The van der Waals surface area contributed by atoms with Gasteiger partial charge < -0.3 is 25.1 Å². The maximum Gasteiger partial charge on any atom is 0.413 e. The van der Waals surface area contributed by atoms with Crippen LogP contribution in [0.15, 0.2) is 73.1 Å². The molecule has 0 aliphatic rings. The number of carbonyl (C=O) groups excluding carboxylic acids is 2. The van der Waals surface area contributed by atoms with Crippen LogP contribution < -0.4 is 20.1 Å². The fourth-order valence-corrected chi connectivity index (χ4v) is 3.29. The Morgan fingerprint density at radius 2 is 1.76 bits per heavy atom. The number of nitrogens with one attached hydrogen (secondary N) is 3. The molecule has 2 heterocycles. The fourth-order valence-electron chi connectivity index (χ4n) is 3.00. The lowest BCUT2D eigenvalue weighted by Gasteiger charge is -2.08. The molecule has 8 nitrogen and oxygen atoms in total. The van der Waals surface area contributed by atoms with Crippen molar-refractivity contribution < 1.29 is 19.1 Å². The Labute approximate surface area is 204 Å². The molecule has 0 aliphatic carbocycles. The summed E-state index contributed by atoms with van der Waals surface area (Å²) < 4.78 is 10.9. The summed E-state index contributed by atoms with van der Waals surface area (Å²) in [6, 6.07) is 17.1. The first-order chi connectivity index (χ1) is 16.4. The number of H-pyrrole nitrogens is 1. The first kappa shape index (κ1) is 23.2. The number of aromatic nitrogens is 2. The molecule has 0 saturated heterocycles. The van der Waals surface area contributed by atoms with Crippen molar-refractivity contribution in [2.45, 2.75) is 0 Å². The predicted molar refractivity (Wildman–Crippen MR) is 130 cm³/mol. The summed E-state index contributed by atoms with van der Waals surface area (Å²) in [5.74, 6) is 0.785. The third kappa shape index (κ3) is 5.67. The number of rotatable bonds is 6. The zero-order valence-electron chi connectivity index (χ0n) is 17.8. The molecule has 34 heavy (non-hydrogen) atoms. The van der Waals surface area contributed by atoms with Crippen LogP contribution in [0.5, 0.6) is 17.4 Å². The molecule has 0 radical (unpaired) electrons. The van der Waals surface area contributed by atoms with Crippen molar-refractivity contribution in [1.82, 2.24) is 15.3 Å². The molecule has 4 aromatic rings. The van der Waals surface area contributed by atoms with Crippen LogP contribution in [0, 0.1) is 0 Å². The third-order valence-corrected chi connectivity index (χ3v) is 5.35. The van der Waals surface area contributed by atoms with Crippen LogP contribution in [-0.4, -0.2) is 29.0 Å². The lowest BCUT2D eigenvalue weighted by molar-refractivity contribution is 0.102. The van der Waals surface area contributed by atoms with Crippen LogP contribution in [-0.2, 0) is 0 Å². The van der Waals surface area contributed by atoms with E-state index in [-0.39, 0.29) is 11.8 Å². The van der Waals surface area contributed by atoms with Gasteiger partial charge >= 0.3 is 6.09 Å². The Kier molecular flexibility index (Phi) is 7.01. The second kappa shape index (κ2) is 10.3. The van der Waals surface area contributed by atoms with E-state index in [9.17, 15) is 9.59 Å². The van der Waals surface area contributed by atoms with Crippen LogP contribution in [0.2, 0.25) is 10.0 Å². The highest BCUT2D eigenvalue weighted by atomic mass is 35.5. The van der Waals surface area contributed by atoms with Crippen molar-refractivity contribution in [3.05, 3.63) is 88.8 Å². The number of aromatic amines is 1. The maximum absolute atomic E-state index is 12.6. The van der Waals surface area contributed by atoms with Crippen molar-refractivity contribution in [2.24, 2.45) is 0 Å². The smallest absolute Gasteiger partial charge is 0.413 e. The zero-order valence-corrected chi connectivity index (χ0v) is 19.3. The number of halogens is 2. The predicted octanol–water partition coefficient (Wildman–Crippen LogP) is 6.15. The minimum atomic E-state index is -0.627. The van der Waals surface area contributed by atoms with Gasteiger partial charge in [0.15, 0.2) is 0 Å². The van der Waals surface area contributed by atoms with E-state index >= 15 is 0 Å². The molecule has 3 N–H and O–H groups in total. The summed E-state index contributed by atoms with van der Waals surface area (Å²) in [6.07, 6.45) is 2.57. The van der Waals surface area contributed by atoms with Crippen molar-refractivity contribution in [3.8, 4) is 28.5 Å². The van der Waals surface area contributed by atoms with Gasteiger partial charge in [0.1, 0.15) is 17.2 Å². The van der Waals surface area contributed by atoms with E-state index in [4.69, 9.17) is 32.7 Å². The van der Waals surface area contributed by atoms with Crippen LogP contribution >= 0.6 is 23.2 Å². The highest BCUT2D eigenvalue weighted by Crippen LogP contribution is 2.29. The molecular weight excluding hydrogens is 479 g/mol. The molecule has 172 valence electrons. The molecule has 0 atom stereocenters. The highest BCUT2D eigenvalue weighted by molar-refractivity contribution is 6.42. The minimum Gasteiger partial charge on any atom is -0.457 e. The van der Waals surface area contributed by atoms with E-state index in [2.05, 4.69) is 20.6 Å². The number of ether oxygens (including phenoxy) is 2. The second-order valence-corrected chi connectivity index (χ2v) is 7.80. The molecule has 0 bridgehead atoms. The average Bonchev–Trinajstić information content (AvgIpc) is 3.32. The Balaban J connectivity index is 1.47. The normalized spacial score (nSPS) is 10.4. The van der Waals surface area contributed by atoms with Crippen LogP contribution in [0.4, 0.5) is 10.5 Å². The van der Waals surface area contributed by atoms with Gasteiger partial charge in [0.2, 0.25) is 5.88 Å². The van der Waals surface area contributed by atoms with Crippen molar-refractivity contribution in [2.75, 3.05) is 12.4 Å². The van der Waals surface area contributed by atoms with Crippen molar-refractivity contribution in [1.29, 1.82) is 0 Å². The summed E-state index contributed by atoms with van der Waals surface area (Å²) in [5, 5.41) is 5.89. The minimum absolute atomic E-state index is 0.108. The van der Waals surface area contributed by atoms with E-state index in [1.807, 2.05) is 18.2 Å². The number of hydrogen-bond acceptors (Lipinski definition) is 5. The molecular formula is C24H18Cl2N4O4. The first-order valence-corrected chi connectivity index (χ1v) is 10.8. The summed E-state index contributed by atoms with van der Waals surface area (Å²) in [5.41, 5.74) is 2.53. The van der Waals surface area contributed by atoms with Crippen molar-refractivity contribution in [3.63, 3.8) is 0 Å². The Bertz CT molecular complexity index is 1360.